The second-order valence-corrected chi connectivity index (χ2v) is 7.49. The predicted octanol–water partition coefficient (Wildman–Crippen LogP) is 2.66. The Morgan fingerprint density at radius 2 is 1.94 bits per heavy atom. The average Bonchev–Trinajstić information content (AvgIpc) is 3.49. The van der Waals surface area contributed by atoms with Gasteiger partial charge in [-0.1, -0.05) is 28.8 Å². The standard InChI is InChI=1S/C22H21ClN8O3/c1-13(34-30-14(2)24)21-28-26-18(31(21)17-7-5-4-6-16(17)23)8-9-19-27-29-22(33-19)15-10-11-25-20(12-15)32-3/h4-7,10-14,30H,24H2,1-3H3. The number of pyridine rings is 1. The van der Waals surface area contributed by atoms with Crippen molar-refractivity contribution in [2.24, 2.45) is 5.73 Å². The number of nitrogens with zero attached hydrogens (tertiary/aromatic N) is 6. The summed E-state index contributed by atoms with van der Waals surface area (Å²) in [6.45, 7) is 3.56. The fraction of sp³-hybridized carbons (Fsp3) is 0.227. The highest BCUT2D eigenvalue weighted by Crippen LogP contribution is 2.26. The third-order valence-corrected chi connectivity index (χ3v) is 4.79. The predicted molar refractivity (Wildman–Crippen MR) is 123 cm³/mol. The number of para-hydroxylation sites is 1. The number of rotatable bonds is 7. The lowest BCUT2D eigenvalue weighted by molar-refractivity contribution is -0.0373. The first kappa shape index (κ1) is 23.3. The number of hydrogen-bond donors (Lipinski definition) is 2. The Bertz CT molecular complexity index is 1340. The zero-order chi connectivity index (χ0) is 24.1. The van der Waals surface area contributed by atoms with Gasteiger partial charge >= 0.3 is 0 Å². The molecule has 0 aliphatic heterocycles. The largest absolute Gasteiger partial charge is 0.481 e. The van der Waals surface area contributed by atoms with Crippen LogP contribution < -0.4 is 16.0 Å². The summed E-state index contributed by atoms with van der Waals surface area (Å²) in [7, 11) is 1.53. The maximum Gasteiger partial charge on any atom is 0.294 e. The van der Waals surface area contributed by atoms with Crippen molar-refractivity contribution in [1.82, 2.24) is 35.4 Å². The summed E-state index contributed by atoms with van der Waals surface area (Å²) in [4.78, 5) is 9.65. The van der Waals surface area contributed by atoms with Crippen LogP contribution in [0.5, 0.6) is 5.88 Å². The number of ether oxygens (including phenoxy) is 1. The second-order valence-electron chi connectivity index (χ2n) is 7.08. The molecular weight excluding hydrogens is 460 g/mol. The molecule has 0 amide bonds. The van der Waals surface area contributed by atoms with Gasteiger partial charge in [0.15, 0.2) is 5.82 Å². The van der Waals surface area contributed by atoms with Gasteiger partial charge in [-0.05, 0) is 38.0 Å². The molecule has 3 N–H and O–H groups in total. The highest BCUT2D eigenvalue weighted by Gasteiger charge is 2.21. The maximum absolute atomic E-state index is 6.45. The molecule has 0 saturated carbocycles. The lowest BCUT2D eigenvalue weighted by Gasteiger charge is -2.17. The first-order valence-corrected chi connectivity index (χ1v) is 10.6. The number of methoxy groups -OCH3 is 1. The molecule has 0 fully saturated rings. The van der Waals surface area contributed by atoms with Crippen LogP contribution in [-0.2, 0) is 4.84 Å². The Morgan fingerprint density at radius 1 is 1.12 bits per heavy atom. The number of hydroxylamine groups is 1. The topological polar surface area (TPSA) is 139 Å². The van der Waals surface area contributed by atoms with Gasteiger partial charge in [0, 0.05) is 23.7 Å². The molecule has 2 unspecified atom stereocenters. The number of aromatic nitrogens is 6. The molecule has 0 spiro atoms. The van der Waals surface area contributed by atoms with Gasteiger partial charge in [0.25, 0.3) is 5.89 Å². The minimum absolute atomic E-state index is 0.101. The van der Waals surface area contributed by atoms with Gasteiger partial charge in [-0.25, -0.2) is 4.98 Å². The minimum atomic E-state index is -0.512. The molecule has 174 valence electrons. The van der Waals surface area contributed by atoms with E-state index in [2.05, 4.69) is 42.7 Å². The summed E-state index contributed by atoms with van der Waals surface area (Å²) in [6.07, 6.45) is 0.702. The Kier molecular flexibility index (Phi) is 7.15. The first-order chi connectivity index (χ1) is 16.5. The van der Waals surface area contributed by atoms with E-state index in [4.69, 9.17) is 31.3 Å². The van der Waals surface area contributed by atoms with Crippen LogP contribution in [0.25, 0.3) is 17.1 Å². The Morgan fingerprint density at radius 3 is 2.71 bits per heavy atom. The van der Waals surface area contributed by atoms with Crippen LogP contribution in [0.15, 0.2) is 47.0 Å². The molecule has 34 heavy (non-hydrogen) atoms. The van der Waals surface area contributed by atoms with Crippen LogP contribution in [0.2, 0.25) is 5.02 Å². The van der Waals surface area contributed by atoms with Crippen molar-refractivity contribution in [2.45, 2.75) is 26.1 Å². The molecule has 0 radical (unpaired) electrons. The van der Waals surface area contributed by atoms with Crippen molar-refractivity contribution < 1.29 is 14.0 Å². The zero-order valence-corrected chi connectivity index (χ0v) is 19.3. The molecule has 4 aromatic rings. The van der Waals surface area contributed by atoms with Crippen molar-refractivity contribution in [2.75, 3.05) is 7.11 Å². The molecule has 0 bridgehead atoms. The molecule has 3 heterocycles. The zero-order valence-electron chi connectivity index (χ0n) is 18.6. The van der Waals surface area contributed by atoms with Gasteiger partial charge in [0.2, 0.25) is 17.6 Å². The van der Waals surface area contributed by atoms with E-state index in [-0.39, 0.29) is 17.9 Å². The highest BCUT2D eigenvalue weighted by atomic mass is 35.5. The molecule has 0 saturated heterocycles. The van der Waals surface area contributed by atoms with E-state index in [1.807, 2.05) is 18.2 Å². The Labute approximate surface area is 200 Å². The van der Waals surface area contributed by atoms with Gasteiger partial charge < -0.3 is 14.9 Å². The van der Waals surface area contributed by atoms with Gasteiger partial charge in [0.1, 0.15) is 6.10 Å². The van der Waals surface area contributed by atoms with Crippen molar-refractivity contribution in [3.05, 3.63) is 65.2 Å². The second kappa shape index (κ2) is 10.4. The summed E-state index contributed by atoms with van der Waals surface area (Å²) < 4.78 is 12.5. The molecule has 0 aliphatic carbocycles. The van der Waals surface area contributed by atoms with Crippen molar-refractivity contribution in [3.63, 3.8) is 0 Å². The minimum Gasteiger partial charge on any atom is -0.481 e. The van der Waals surface area contributed by atoms with Crippen molar-refractivity contribution in [3.8, 4) is 34.9 Å². The van der Waals surface area contributed by atoms with E-state index in [9.17, 15) is 0 Å². The molecule has 11 nitrogen and oxygen atoms in total. The molecule has 2 atom stereocenters. The van der Waals surface area contributed by atoms with E-state index in [0.717, 1.165) is 0 Å². The van der Waals surface area contributed by atoms with Gasteiger partial charge in [-0.3, -0.25) is 9.40 Å². The number of nitrogens with two attached hydrogens (primary N) is 1. The lowest BCUT2D eigenvalue weighted by atomic mass is 10.3. The average molecular weight is 481 g/mol. The molecule has 1 aromatic carbocycles. The van der Waals surface area contributed by atoms with Gasteiger partial charge in [0.05, 0.1) is 24.0 Å². The van der Waals surface area contributed by atoms with Crippen LogP contribution in [0.4, 0.5) is 0 Å². The molecule has 0 aliphatic rings. The van der Waals surface area contributed by atoms with Crippen LogP contribution >= 0.6 is 11.6 Å². The fourth-order valence-corrected chi connectivity index (χ4v) is 3.15. The third kappa shape index (κ3) is 5.22. The van der Waals surface area contributed by atoms with E-state index >= 15 is 0 Å². The van der Waals surface area contributed by atoms with Crippen molar-refractivity contribution in [1.29, 1.82) is 0 Å². The van der Waals surface area contributed by atoms with Gasteiger partial charge in [-0.2, -0.15) is 5.48 Å². The van der Waals surface area contributed by atoms with Gasteiger partial charge in [-0.15, -0.1) is 15.3 Å². The van der Waals surface area contributed by atoms with E-state index in [0.29, 0.717) is 33.8 Å². The summed E-state index contributed by atoms with van der Waals surface area (Å²) in [5.41, 5.74) is 9.72. The lowest BCUT2D eigenvalue weighted by Crippen LogP contribution is -2.35. The van der Waals surface area contributed by atoms with Crippen LogP contribution in [0, 0.1) is 11.8 Å². The molecular formula is C22H21ClN8O3. The number of hydrogen-bond acceptors (Lipinski definition) is 10. The van der Waals surface area contributed by atoms with E-state index < -0.39 is 6.10 Å². The third-order valence-electron chi connectivity index (χ3n) is 4.47. The number of benzene rings is 1. The Balaban J connectivity index is 1.68. The summed E-state index contributed by atoms with van der Waals surface area (Å²) >= 11 is 6.45. The molecule has 12 heteroatoms. The first-order valence-electron chi connectivity index (χ1n) is 10.2. The van der Waals surface area contributed by atoms with E-state index in [1.165, 1.54) is 7.11 Å². The monoisotopic (exact) mass is 480 g/mol. The SMILES string of the molecule is COc1cc(-c2nnc(C#Cc3nnc(C(C)ONC(C)N)n3-c3ccccc3Cl)o2)ccn1. The van der Waals surface area contributed by atoms with Crippen LogP contribution in [-0.4, -0.2) is 43.2 Å². The number of nitrogens with one attached hydrogen (secondary N) is 1. The smallest absolute Gasteiger partial charge is 0.294 e. The normalized spacial score (nSPS) is 12.6. The highest BCUT2D eigenvalue weighted by molar-refractivity contribution is 6.32. The number of halogens is 1. The van der Waals surface area contributed by atoms with Crippen LogP contribution in [0.1, 0.15) is 37.5 Å². The summed E-state index contributed by atoms with van der Waals surface area (Å²) in [5.74, 6) is 7.35. The van der Waals surface area contributed by atoms with E-state index in [1.54, 1.807) is 42.8 Å². The molecule has 4 rings (SSSR count). The summed E-state index contributed by atoms with van der Waals surface area (Å²) in [6, 6.07) is 10.7. The maximum atomic E-state index is 6.45. The Hall–Kier alpha value is -3.82. The van der Waals surface area contributed by atoms with Crippen molar-refractivity contribution >= 4 is 11.6 Å². The quantitative estimate of drug-likeness (QED) is 0.230. The van der Waals surface area contributed by atoms with Crippen LogP contribution in [0.3, 0.4) is 0 Å². The summed E-state index contributed by atoms with van der Waals surface area (Å²) in [5, 5.41) is 17.0. The fourth-order valence-electron chi connectivity index (χ4n) is 2.93. The molecule has 3 aromatic heterocycles.